The molecule has 2 heterocycles. The number of hydrogen-bond acceptors (Lipinski definition) is 6. The van der Waals surface area contributed by atoms with Crippen molar-refractivity contribution in [1.29, 1.82) is 0 Å². The second-order valence-corrected chi connectivity index (χ2v) is 10.1. The van der Waals surface area contributed by atoms with Crippen LogP contribution in [0.15, 0.2) is 30.3 Å². The minimum Gasteiger partial charge on any atom is -0.480 e. The van der Waals surface area contributed by atoms with Gasteiger partial charge in [0, 0.05) is 26.1 Å². The molecule has 33 heavy (non-hydrogen) atoms. The number of hydrogen-bond donors (Lipinski definition) is 2. The van der Waals surface area contributed by atoms with Crippen LogP contribution in [-0.4, -0.2) is 86.0 Å². The van der Waals surface area contributed by atoms with Crippen molar-refractivity contribution in [2.75, 3.05) is 32.8 Å². The van der Waals surface area contributed by atoms with E-state index in [-0.39, 0.29) is 31.0 Å². The molecule has 2 aliphatic heterocycles. The maximum Gasteiger partial charge on any atom is 0.326 e. The molecule has 2 saturated heterocycles. The molecule has 2 aliphatic rings. The van der Waals surface area contributed by atoms with Gasteiger partial charge in [-0.3, -0.25) is 9.59 Å². The van der Waals surface area contributed by atoms with E-state index in [0.717, 1.165) is 0 Å². The molecule has 182 valence electrons. The molecular formula is C22H31N3O7S. The lowest BCUT2D eigenvalue weighted by atomic mass is 10.00. The zero-order chi connectivity index (χ0) is 23.8. The van der Waals surface area contributed by atoms with E-state index in [0.29, 0.717) is 51.1 Å². The van der Waals surface area contributed by atoms with Gasteiger partial charge in [-0.05, 0) is 31.2 Å². The smallest absolute Gasteiger partial charge is 0.326 e. The number of aliphatic carboxylic acids is 1. The van der Waals surface area contributed by atoms with Crippen LogP contribution in [0.3, 0.4) is 0 Å². The summed E-state index contributed by atoms with van der Waals surface area (Å²) in [7, 11) is -3.92. The Hall–Kier alpha value is -2.50. The second-order valence-electron chi connectivity index (χ2n) is 8.33. The van der Waals surface area contributed by atoms with Crippen molar-refractivity contribution in [3.63, 3.8) is 0 Å². The Morgan fingerprint density at radius 2 is 1.79 bits per heavy atom. The Kier molecular flexibility index (Phi) is 8.81. The molecule has 3 rings (SSSR count). The predicted octanol–water partition coefficient (Wildman–Crippen LogP) is 0.579. The zero-order valence-corrected chi connectivity index (χ0v) is 19.3. The summed E-state index contributed by atoms with van der Waals surface area (Å²) in [5.41, 5.74) is 0.557. The van der Waals surface area contributed by atoms with Gasteiger partial charge in [0.1, 0.15) is 12.1 Å². The molecule has 0 unspecified atom stereocenters. The first-order chi connectivity index (χ1) is 15.8. The molecular weight excluding hydrogens is 450 g/mol. The van der Waals surface area contributed by atoms with E-state index < -0.39 is 34.0 Å². The van der Waals surface area contributed by atoms with Crippen LogP contribution in [0.5, 0.6) is 0 Å². The fourth-order valence-corrected chi connectivity index (χ4v) is 5.54. The Bertz CT molecular complexity index is 933. The number of sulfonamides is 1. The first kappa shape index (κ1) is 25.1. The molecule has 0 spiro atoms. The minimum atomic E-state index is -3.92. The molecule has 0 aromatic heterocycles. The van der Waals surface area contributed by atoms with Crippen molar-refractivity contribution in [2.45, 2.75) is 49.9 Å². The summed E-state index contributed by atoms with van der Waals surface area (Å²) in [6, 6.07) is 6.34. The van der Waals surface area contributed by atoms with Crippen LogP contribution in [0.4, 0.5) is 0 Å². The molecule has 2 N–H and O–H groups in total. The molecule has 0 radical (unpaired) electrons. The molecule has 0 bridgehead atoms. The highest BCUT2D eigenvalue weighted by atomic mass is 32.2. The fourth-order valence-electron chi connectivity index (χ4n) is 4.18. The summed E-state index contributed by atoms with van der Waals surface area (Å²) in [6.07, 6.45) is 1.56. The zero-order valence-electron chi connectivity index (χ0n) is 18.5. The summed E-state index contributed by atoms with van der Waals surface area (Å²) in [5.74, 6) is -2.23. The Morgan fingerprint density at radius 3 is 2.45 bits per heavy atom. The van der Waals surface area contributed by atoms with Crippen LogP contribution in [-0.2, 0) is 34.9 Å². The number of carbonyl (C=O) groups is 3. The van der Waals surface area contributed by atoms with Gasteiger partial charge in [-0.1, -0.05) is 30.3 Å². The van der Waals surface area contributed by atoms with Gasteiger partial charge in [0.25, 0.3) is 0 Å². The number of morpholine rings is 1. The normalized spacial score (nSPS) is 20.3. The number of carbonyl (C=O) groups excluding carboxylic acids is 2. The van der Waals surface area contributed by atoms with E-state index in [1.165, 1.54) is 4.90 Å². The highest BCUT2D eigenvalue weighted by Crippen LogP contribution is 2.20. The van der Waals surface area contributed by atoms with Crippen LogP contribution in [0.1, 0.15) is 37.7 Å². The number of amides is 2. The molecule has 2 atom stereocenters. The summed E-state index contributed by atoms with van der Waals surface area (Å²) in [6.45, 7) is 2.01. The summed E-state index contributed by atoms with van der Waals surface area (Å²) in [4.78, 5) is 40.5. The van der Waals surface area contributed by atoms with Gasteiger partial charge in [-0.15, -0.1) is 0 Å². The average molecular weight is 482 g/mol. The van der Waals surface area contributed by atoms with Crippen molar-refractivity contribution in [1.82, 2.24) is 14.5 Å². The summed E-state index contributed by atoms with van der Waals surface area (Å²) < 4.78 is 33.4. The topological polar surface area (TPSA) is 133 Å². The number of rotatable bonds is 9. The van der Waals surface area contributed by atoms with Crippen LogP contribution >= 0.6 is 0 Å². The number of ether oxygens (including phenoxy) is 1. The van der Waals surface area contributed by atoms with Gasteiger partial charge >= 0.3 is 5.97 Å². The van der Waals surface area contributed by atoms with Crippen molar-refractivity contribution in [3.05, 3.63) is 35.9 Å². The van der Waals surface area contributed by atoms with Gasteiger partial charge in [0.05, 0.1) is 19.0 Å². The third kappa shape index (κ3) is 7.24. The molecule has 2 fully saturated rings. The minimum absolute atomic E-state index is 0.0319. The number of nitrogens with zero attached hydrogens (tertiary/aromatic N) is 2. The number of nitrogens with one attached hydrogen (secondary N) is 1. The average Bonchev–Trinajstić information content (AvgIpc) is 2.82. The molecule has 1 aromatic rings. The standard InChI is InChI=1S/C22H31N3O7S/c26-20(24-12-14-32-15-13-24)10-9-18(21(27)25-11-5-4-8-19(25)22(28)29)23-33(30,31)16-17-6-2-1-3-7-17/h1-3,6-7,18-19,23H,4-5,8-16H2,(H,28,29)/t18-,19+/m1/s1. The van der Waals surface area contributed by atoms with Crippen molar-refractivity contribution in [2.24, 2.45) is 0 Å². The number of piperidine rings is 1. The monoisotopic (exact) mass is 481 g/mol. The molecule has 11 heteroatoms. The highest BCUT2D eigenvalue weighted by Gasteiger charge is 2.37. The third-order valence-corrected chi connectivity index (χ3v) is 7.26. The van der Waals surface area contributed by atoms with Gasteiger partial charge in [-0.2, -0.15) is 0 Å². The maximum absolute atomic E-state index is 13.3. The molecule has 0 aliphatic carbocycles. The quantitative estimate of drug-likeness (QED) is 0.527. The Morgan fingerprint density at radius 1 is 1.09 bits per heavy atom. The van der Waals surface area contributed by atoms with Gasteiger partial charge in [0.15, 0.2) is 0 Å². The molecule has 1 aromatic carbocycles. The third-order valence-electron chi connectivity index (χ3n) is 5.90. The van der Waals surface area contributed by atoms with Crippen LogP contribution < -0.4 is 4.72 Å². The van der Waals surface area contributed by atoms with E-state index in [1.807, 2.05) is 0 Å². The van der Waals surface area contributed by atoms with E-state index in [4.69, 9.17) is 4.74 Å². The number of benzene rings is 1. The van der Waals surface area contributed by atoms with Crippen LogP contribution in [0, 0.1) is 0 Å². The summed E-state index contributed by atoms with van der Waals surface area (Å²) in [5, 5.41) is 9.55. The number of carboxylic acids is 1. The van der Waals surface area contributed by atoms with Crippen LogP contribution in [0.2, 0.25) is 0 Å². The first-order valence-corrected chi connectivity index (χ1v) is 12.8. The maximum atomic E-state index is 13.3. The van der Waals surface area contributed by atoms with E-state index in [9.17, 15) is 27.9 Å². The fraction of sp³-hybridized carbons (Fsp3) is 0.591. The van der Waals surface area contributed by atoms with Gasteiger partial charge in [0.2, 0.25) is 21.8 Å². The number of carboxylic acid groups (broad SMARTS) is 1. The van der Waals surface area contributed by atoms with Crippen molar-refractivity contribution >= 4 is 27.8 Å². The van der Waals surface area contributed by atoms with E-state index in [2.05, 4.69) is 4.72 Å². The molecule has 10 nitrogen and oxygen atoms in total. The lowest BCUT2D eigenvalue weighted by Crippen LogP contribution is -2.55. The Labute approximate surface area is 193 Å². The first-order valence-electron chi connectivity index (χ1n) is 11.2. The molecule has 0 saturated carbocycles. The Balaban J connectivity index is 1.75. The lowest BCUT2D eigenvalue weighted by Gasteiger charge is -2.35. The van der Waals surface area contributed by atoms with Crippen LogP contribution in [0.25, 0.3) is 0 Å². The second kappa shape index (κ2) is 11.6. The highest BCUT2D eigenvalue weighted by molar-refractivity contribution is 7.88. The largest absolute Gasteiger partial charge is 0.480 e. The van der Waals surface area contributed by atoms with Crippen molar-refractivity contribution < 1.29 is 32.6 Å². The van der Waals surface area contributed by atoms with E-state index in [1.54, 1.807) is 35.2 Å². The van der Waals surface area contributed by atoms with Crippen molar-refractivity contribution in [3.8, 4) is 0 Å². The SMILES string of the molecule is O=C(O)[C@@H]1CCCCN1C(=O)[C@@H](CCC(=O)N1CCOCC1)NS(=O)(=O)Cc1ccccc1. The molecule has 2 amide bonds. The predicted molar refractivity (Wildman–Crippen MR) is 120 cm³/mol. The van der Waals surface area contributed by atoms with Gasteiger partial charge in [-0.25, -0.2) is 17.9 Å². The lowest BCUT2D eigenvalue weighted by molar-refractivity contribution is -0.153. The van der Waals surface area contributed by atoms with Gasteiger partial charge < -0.3 is 19.6 Å². The number of likely N-dealkylation sites (tertiary alicyclic amines) is 1. The summed E-state index contributed by atoms with van der Waals surface area (Å²) >= 11 is 0. The van der Waals surface area contributed by atoms with E-state index >= 15 is 0 Å².